The summed E-state index contributed by atoms with van der Waals surface area (Å²) in [5.74, 6) is 0.316. The van der Waals surface area contributed by atoms with Gasteiger partial charge in [-0.1, -0.05) is 17.8 Å². The minimum absolute atomic E-state index is 0.0143. The van der Waals surface area contributed by atoms with Gasteiger partial charge in [0.2, 0.25) is 5.91 Å². The fraction of sp³-hybridized carbons (Fsp3) is 0.133. The van der Waals surface area contributed by atoms with Crippen LogP contribution in [-0.4, -0.2) is 35.1 Å². The molecule has 0 aliphatic carbocycles. The maximum atomic E-state index is 11.7. The Hall–Kier alpha value is -2.06. The van der Waals surface area contributed by atoms with Gasteiger partial charge in [0.05, 0.1) is 28.6 Å². The number of nitrogens with zero attached hydrogens (tertiary/aromatic N) is 2. The number of phenols is 1. The highest BCUT2D eigenvalue weighted by molar-refractivity contribution is 9.10. The lowest BCUT2D eigenvalue weighted by Gasteiger charge is -2.06. The van der Waals surface area contributed by atoms with Crippen molar-refractivity contribution in [3.63, 3.8) is 0 Å². The minimum atomic E-state index is -0.235. The molecule has 0 saturated carbocycles. The van der Waals surface area contributed by atoms with E-state index in [0.29, 0.717) is 15.8 Å². The largest absolute Gasteiger partial charge is 0.503 e. The van der Waals surface area contributed by atoms with Crippen molar-refractivity contribution >= 4 is 39.8 Å². The lowest BCUT2D eigenvalue weighted by Crippen LogP contribution is -2.19. The van der Waals surface area contributed by atoms with E-state index in [1.807, 2.05) is 18.2 Å². The first-order valence-electron chi connectivity index (χ1n) is 6.52. The van der Waals surface area contributed by atoms with Gasteiger partial charge in [-0.3, -0.25) is 4.79 Å². The van der Waals surface area contributed by atoms with Crippen molar-refractivity contribution < 1.29 is 14.6 Å². The van der Waals surface area contributed by atoms with Crippen molar-refractivity contribution in [2.45, 2.75) is 5.03 Å². The highest BCUT2D eigenvalue weighted by atomic mass is 79.9. The summed E-state index contributed by atoms with van der Waals surface area (Å²) in [6.45, 7) is 0. The Labute approximate surface area is 146 Å². The van der Waals surface area contributed by atoms with Crippen molar-refractivity contribution in [1.29, 1.82) is 0 Å². The number of amides is 1. The summed E-state index contributed by atoms with van der Waals surface area (Å²) in [4.78, 5) is 15.8. The van der Waals surface area contributed by atoms with Crippen LogP contribution < -0.4 is 10.2 Å². The number of nitrogens with one attached hydrogen (secondary N) is 1. The molecule has 8 heteroatoms. The van der Waals surface area contributed by atoms with E-state index in [9.17, 15) is 9.90 Å². The third-order valence-corrected chi connectivity index (χ3v) is 4.21. The maximum Gasteiger partial charge on any atom is 0.250 e. The Kier molecular flexibility index (Phi) is 6.42. The standard InChI is InChI=1S/C15H14BrN3O3S/c1-22-12-7-10(6-11(16)15(12)21)8-18-19-13(20)9-23-14-4-2-3-5-17-14/h2-8,21H,9H2,1H3,(H,19,20). The van der Waals surface area contributed by atoms with Gasteiger partial charge in [-0.05, 0) is 45.8 Å². The number of aromatic hydroxyl groups is 1. The fourth-order valence-corrected chi connectivity index (χ4v) is 2.72. The summed E-state index contributed by atoms with van der Waals surface area (Å²) in [7, 11) is 1.46. The van der Waals surface area contributed by atoms with Crippen molar-refractivity contribution in [3.8, 4) is 11.5 Å². The molecule has 2 N–H and O–H groups in total. The molecule has 120 valence electrons. The SMILES string of the molecule is COc1cc(C=NNC(=O)CSc2ccccn2)cc(Br)c1O. The molecule has 0 unspecified atom stereocenters. The summed E-state index contributed by atoms with van der Waals surface area (Å²) in [6, 6.07) is 8.79. The van der Waals surface area contributed by atoms with Gasteiger partial charge in [0.1, 0.15) is 0 Å². The van der Waals surface area contributed by atoms with Crippen molar-refractivity contribution in [3.05, 3.63) is 46.6 Å². The van der Waals surface area contributed by atoms with Gasteiger partial charge in [-0.25, -0.2) is 10.4 Å². The zero-order valence-corrected chi connectivity index (χ0v) is 14.6. The third-order valence-electron chi connectivity index (χ3n) is 2.66. The lowest BCUT2D eigenvalue weighted by molar-refractivity contribution is -0.118. The van der Waals surface area contributed by atoms with Crippen LogP contribution in [0.4, 0.5) is 0 Å². The monoisotopic (exact) mass is 395 g/mol. The number of halogens is 1. The predicted octanol–water partition coefficient (Wildman–Crippen LogP) is 2.80. The number of rotatable bonds is 6. The Morgan fingerprint density at radius 2 is 2.35 bits per heavy atom. The number of ether oxygens (including phenoxy) is 1. The first-order chi connectivity index (χ1) is 11.1. The smallest absolute Gasteiger partial charge is 0.250 e. The van der Waals surface area contributed by atoms with Crippen molar-refractivity contribution in [2.24, 2.45) is 5.10 Å². The lowest BCUT2D eigenvalue weighted by atomic mass is 10.2. The number of hydrogen-bond donors (Lipinski definition) is 2. The van der Waals surface area contributed by atoms with Crippen LogP contribution in [0.15, 0.2) is 51.1 Å². The molecule has 0 fully saturated rings. The molecule has 0 aliphatic rings. The minimum Gasteiger partial charge on any atom is -0.503 e. The van der Waals surface area contributed by atoms with Crippen molar-refractivity contribution in [2.75, 3.05) is 12.9 Å². The Morgan fingerprint density at radius 3 is 3.04 bits per heavy atom. The molecule has 23 heavy (non-hydrogen) atoms. The van der Waals surface area contributed by atoms with E-state index in [1.165, 1.54) is 25.1 Å². The molecular weight excluding hydrogens is 382 g/mol. The van der Waals surface area contributed by atoms with Crippen LogP contribution in [0.25, 0.3) is 0 Å². The zero-order valence-electron chi connectivity index (χ0n) is 12.2. The molecule has 0 aliphatic heterocycles. The van der Waals surface area contributed by atoms with E-state index >= 15 is 0 Å². The Bertz CT molecular complexity index is 711. The number of hydrogen-bond acceptors (Lipinski definition) is 6. The third kappa shape index (κ3) is 5.26. The first kappa shape index (κ1) is 17.3. The molecule has 1 aromatic heterocycles. The van der Waals surface area contributed by atoms with Crippen LogP contribution >= 0.6 is 27.7 Å². The van der Waals surface area contributed by atoms with Crippen LogP contribution in [0.1, 0.15) is 5.56 Å². The number of carbonyl (C=O) groups is 1. The summed E-state index contributed by atoms with van der Waals surface area (Å²) in [6.07, 6.45) is 3.14. The number of thioether (sulfide) groups is 1. The van der Waals surface area contributed by atoms with E-state index in [0.717, 1.165) is 5.03 Å². The number of phenolic OH excluding ortho intramolecular Hbond substituents is 1. The maximum absolute atomic E-state index is 11.7. The predicted molar refractivity (Wildman–Crippen MR) is 93.1 cm³/mol. The van der Waals surface area contributed by atoms with E-state index < -0.39 is 0 Å². The van der Waals surface area contributed by atoms with Gasteiger partial charge in [-0.15, -0.1) is 0 Å². The van der Waals surface area contributed by atoms with Gasteiger partial charge in [0, 0.05) is 6.20 Å². The summed E-state index contributed by atoms with van der Waals surface area (Å²) >= 11 is 4.55. The highest BCUT2D eigenvalue weighted by Gasteiger charge is 2.07. The summed E-state index contributed by atoms with van der Waals surface area (Å²) < 4.78 is 5.52. The van der Waals surface area contributed by atoms with Gasteiger partial charge in [-0.2, -0.15) is 5.10 Å². The topological polar surface area (TPSA) is 83.8 Å². The number of aromatic nitrogens is 1. The second-order valence-corrected chi connectivity index (χ2v) is 6.15. The zero-order chi connectivity index (χ0) is 16.7. The average Bonchev–Trinajstić information content (AvgIpc) is 2.57. The van der Waals surface area contributed by atoms with E-state index in [4.69, 9.17) is 4.74 Å². The van der Waals surface area contributed by atoms with Crippen LogP contribution in [-0.2, 0) is 4.79 Å². The first-order valence-corrected chi connectivity index (χ1v) is 8.30. The van der Waals surface area contributed by atoms with Crippen molar-refractivity contribution in [1.82, 2.24) is 10.4 Å². The molecule has 1 heterocycles. The highest BCUT2D eigenvalue weighted by Crippen LogP contribution is 2.34. The second-order valence-electron chi connectivity index (χ2n) is 4.30. The molecule has 6 nitrogen and oxygen atoms in total. The molecule has 1 amide bonds. The number of benzene rings is 1. The van der Waals surface area contributed by atoms with Crippen LogP contribution in [0.3, 0.4) is 0 Å². The van der Waals surface area contributed by atoms with E-state index in [1.54, 1.807) is 18.3 Å². The molecule has 1 aromatic carbocycles. The summed E-state index contributed by atoms with van der Waals surface area (Å²) in [5.41, 5.74) is 3.11. The normalized spacial score (nSPS) is 10.7. The second kappa shape index (κ2) is 8.54. The molecule has 2 aromatic rings. The summed E-state index contributed by atoms with van der Waals surface area (Å²) in [5, 5.41) is 14.4. The molecule has 0 radical (unpaired) electrons. The fourth-order valence-electron chi connectivity index (χ4n) is 1.61. The molecular formula is C15H14BrN3O3S. The Balaban J connectivity index is 1.89. The quantitative estimate of drug-likeness (QED) is 0.446. The van der Waals surface area contributed by atoms with E-state index in [-0.39, 0.29) is 17.4 Å². The number of pyridine rings is 1. The molecule has 0 spiro atoms. The number of hydrazone groups is 1. The molecule has 2 rings (SSSR count). The molecule has 0 bridgehead atoms. The Morgan fingerprint density at radius 1 is 1.52 bits per heavy atom. The number of carbonyl (C=O) groups excluding carboxylic acids is 1. The van der Waals surface area contributed by atoms with Gasteiger partial charge in [0.25, 0.3) is 0 Å². The van der Waals surface area contributed by atoms with Crippen LogP contribution in [0, 0.1) is 0 Å². The van der Waals surface area contributed by atoms with Gasteiger partial charge >= 0.3 is 0 Å². The van der Waals surface area contributed by atoms with Gasteiger partial charge in [0.15, 0.2) is 11.5 Å². The average molecular weight is 396 g/mol. The number of methoxy groups -OCH3 is 1. The molecule has 0 saturated heterocycles. The van der Waals surface area contributed by atoms with Crippen LogP contribution in [0.2, 0.25) is 0 Å². The van der Waals surface area contributed by atoms with E-state index in [2.05, 4.69) is 31.4 Å². The molecule has 0 atom stereocenters. The van der Waals surface area contributed by atoms with Crippen LogP contribution in [0.5, 0.6) is 11.5 Å². The van der Waals surface area contributed by atoms with Gasteiger partial charge < -0.3 is 9.84 Å².